The fourth-order valence-corrected chi connectivity index (χ4v) is 1.03. The Bertz CT molecular complexity index is 310. The lowest BCUT2D eigenvalue weighted by Gasteiger charge is -2.11. The van der Waals surface area contributed by atoms with E-state index < -0.39 is 0 Å². The molecule has 0 fully saturated rings. The molecule has 5 nitrogen and oxygen atoms in total. The summed E-state index contributed by atoms with van der Waals surface area (Å²) in [7, 11) is 1.58. The van der Waals surface area contributed by atoms with Crippen LogP contribution in [0.2, 0.25) is 0 Å². The smallest absolute Gasteiger partial charge is 0.253 e. The average Bonchev–Trinajstić information content (AvgIpc) is 2.09. The first-order valence-electron chi connectivity index (χ1n) is 3.99. The molecule has 0 aliphatic heterocycles. The van der Waals surface area contributed by atoms with E-state index in [9.17, 15) is 4.79 Å². The van der Waals surface area contributed by atoms with Crippen molar-refractivity contribution in [1.82, 2.24) is 9.55 Å². The van der Waals surface area contributed by atoms with Crippen LogP contribution in [0.1, 0.15) is 0 Å². The van der Waals surface area contributed by atoms with Crippen LogP contribution in [0, 0.1) is 0 Å². The highest BCUT2D eigenvalue weighted by Gasteiger charge is 2.03. The monoisotopic (exact) mass is 183 g/mol. The number of hydrogen-bond donors (Lipinski definition) is 1. The third-order valence-electron chi connectivity index (χ3n) is 1.60. The van der Waals surface area contributed by atoms with Crippen molar-refractivity contribution in [2.24, 2.45) is 5.73 Å². The molecule has 72 valence electrons. The molecule has 1 aromatic heterocycles. The van der Waals surface area contributed by atoms with E-state index in [4.69, 9.17) is 10.5 Å². The van der Waals surface area contributed by atoms with Gasteiger partial charge in [-0.15, -0.1) is 0 Å². The van der Waals surface area contributed by atoms with Crippen molar-refractivity contribution in [2.75, 3.05) is 13.7 Å². The summed E-state index contributed by atoms with van der Waals surface area (Å²) < 4.78 is 6.32. The first kappa shape index (κ1) is 9.88. The first-order chi connectivity index (χ1) is 6.24. The normalized spacial score (nSPS) is 12.8. The molecular weight excluding hydrogens is 170 g/mol. The summed E-state index contributed by atoms with van der Waals surface area (Å²) in [5.74, 6) is 0. The van der Waals surface area contributed by atoms with Crippen molar-refractivity contribution in [3.63, 3.8) is 0 Å². The summed E-state index contributed by atoms with van der Waals surface area (Å²) in [5.41, 5.74) is 5.58. The Kier molecular flexibility index (Phi) is 3.60. The Hall–Kier alpha value is -1.20. The Labute approximate surface area is 76.2 Å². The van der Waals surface area contributed by atoms with E-state index in [0.29, 0.717) is 13.2 Å². The van der Waals surface area contributed by atoms with Crippen LogP contribution in [-0.2, 0) is 11.3 Å². The van der Waals surface area contributed by atoms with Crippen LogP contribution in [0.25, 0.3) is 0 Å². The Balaban J connectivity index is 2.63. The van der Waals surface area contributed by atoms with Crippen molar-refractivity contribution in [3.05, 3.63) is 28.9 Å². The maximum absolute atomic E-state index is 11.2. The minimum absolute atomic E-state index is 0.0958. The Morgan fingerprint density at radius 1 is 1.77 bits per heavy atom. The third-order valence-corrected chi connectivity index (χ3v) is 1.60. The molecule has 1 aromatic rings. The molecule has 0 bridgehead atoms. The van der Waals surface area contributed by atoms with Crippen LogP contribution in [-0.4, -0.2) is 29.3 Å². The molecule has 0 amide bonds. The summed E-state index contributed by atoms with van der Waals surface area (Å²) in [6.45, 7) is 0.863. The molecule has 0 aliphatic carbocycles. The predicted molar refractivity (Wildman–Crippen MR) is 48.3 cm³/mol. The fourth-order valence-electron chi connectivity index (χ4n) is 1.03. The molecule has 0 radical (unpaired) electrons. The molecule has 0 saturated heterocycles. The zero-order valence-corrected chi connectivity index (χ0v) is 7.51. The van der Waals surface area contributed by atoms with Crippen molar-refractivity contribution in [3.8, 4) is 0 Å². The molecule has 0 spiro atoms. The van der Waals surface area contributed by atoms with Crippen LogP contribution in [0.4, 0.5) is 0 Å². The summed E-state index contributed by atoms with van der Waals surface area (Å²) in [4.78, 5) is 15.0. The SMILES string of the molecule is COCC(N)Cn1cnccc1=O. The highest BCUT2D eigenvalue weighted by Crippen LogP contribution is 1.85. The molecule has 0 aromatic carbocycles. The number of hydrogen-bond acceptors (Lipinski definition) is 4. The zero-order valence-electron chi connectivity index (χ0n) is 7.51. The summed E-state index contributed by atoms with van der Waals surface area (Å²) in [6, 6.07) is 1.23. The topological polar surface area (TPSA) is 70.1 Å². The first-order valence-corrected chi connectivity index (χ1v) is 3.99. The number of rotatable bonds is 4. The molecule has 2 N–H and O–H groups in total. The van der Waals surface area contributed by atoms with Gasteiger partial charge in [0.15, 0.2) is 0 Å². The van der Waals surface area contributed by atoms with Crippen molar-refractivity contribution < 1.29 is 4.74 Å². The molecule has 1 unspecified atom stereocenters. The standard InChI is InChI=1S/C8H13N3O2/c1-13-5-7(9)4-11-6-10-3-2-8(11)12/h2-3,6-7H,4-5,9H2,1H3. The van der Waals surface area contributed by atoms with Gasteiger partial charge < -0.3 is 10.5 Å². The quantitative estimate of drug-likeness (QED) is 0.664. The van der Waals surface area contributed by atoms with Gasteiger partial charge in [0.05, 0.1) is 12.9 Å². The van der Waals surface area contributed by atoms with Gasteiger partial charge in [-0.05, 0) is 0 Å². The maximum Gasteiger partial charge on any atom is 0.253 e. The van der Waals surface area contributed by atoms with Gasteiger partial charge in [-0.1, -0.05) is 0 Å². The van der Waals surface area contributed by atoms with Crippen molar-refractivity contribution in [1.29, 1.82) is 0 Å². The minimum Gasteiger partial charge on any atom is -0.383 e. The lowest BCUT2D eigenvalue weighted by atomic mass is 10.3. The molecule has 0 aliphatic rings. The minimum atomic E-state index is -0.174. The molecule has 13 heavy (non-hydrogen) atoms. The number of aromatic nitrogens is 2. The average molecular weight is 183 g/mol. The van der Waals surface area contributed by atoms with Crippen LogP contribution in [0.5, 0.6) is 0 Å². The van der Waals surface area contributed by atoms with Crippen LogP contribution >= 0.6 is 0 Å². The van der Waals surface area contributed by atoms with Crippen molar-refractivity contribution in [2.45, 2.75) is 12.6 Å². The Morgan fingerprint density at radius 2 is 2.54 bits per heavy atom. The molecular formula is C8H13N3O2. The highest BCUT2D eigenvalue weighted by molar-refractivity contribution is 4.83. The summed E-state index contributed by atoms with van der Waals surface area (Å²) >= 11 is 0. The molecule has 1 atom stereocenters. The van der Waals surface area contributed by atoms with Gasteiger partial charge in [0.2, 0.25) is 0 Å². The van der Waals surface area contributed by atoms with Gasteiger partial charge in [0.25, 0.3) is 5.56 Å². The van der Waals surface area contributed by atoms with Gasteiger partial charge in [0.1, 0.15) is 0 Å². The van der Waals surface area contributed by atoms with Crippen molar-refractivity contribution >= 4 is 0 Å². The van der Waals surface area contributed by atoms with Gasteiger partial charge >= 0.3 is 0 Å². The largest absolute Gasteiger partial charge is 0.383 e. The molecule has 1 heterocycles. The molecule has 0 saturated carbocycles. The van der Waals surface area contributed by atoms with E-state index >= 15 is 0 Å². The Morgan fingerprint density at radius 3 is 3.15 bits per heavy atom. The van der Waals surface area contributed by atoms with Gasteiger partial charge in [-0.3, -0.25) is 9.36 Å². The van der Waals surface area contributed by atoms with E-state index in [1.807, 2.05) is 0 Å². The third kappa shape index (κ3) is 2.96. The van der Waals surface area contributed by atoms with E-state index in [1.165, 1.54) is 23.2 Å². The summed E-state index contributed by atoms with van der Waals surface area (Å²) in [5, 5.41) is 0. The van der Waals surface area contributed by atoms with E-state index in [1.54, 1.807) is 7.11 Å². The number of nitrogens with two attached hydrogens (primary N) is 1. The number of ether oxygens (including phenoxy) is 1. The maximum atomic E-state index is 11.2. The van der Waals surface area contributed by atoms with E-state index in [-0.39, 0.29) is 11.6 Å². The second kappa shape index (κ2) is 4.74. The number of nitrogens with zero attached hydrogens (tertiary/aromatic N) is 2. The second-order valence-electron chi connectivity index (χ2n) is 2.79. The predicted octanol–water partition coefficient (Wildman–Crippen LogP) is -0.783. The van der Waals surface area contributed by atoms with Gasteiger partial charge in [-0.25, -0.2) is 4.98 Å². The van der Waals surface area contributed by atoms with E-state index in [0.717, 1.165) is 0 Å². The second-order valence-corrected chi connectivity index (χ2v) is 2.79. The molecule has 5 heteroatoms. The lowest BCUT2D eigenvalue weighted by Crippen LogP contribution is -2.34. The van der Waals surface area contributed by atoms with Crippen LogP contribution < -0.4 is 11.3 Å². The fraction of sp³-hybridized carbons (Fsp3) is 0.500. The molecule has 1 rings (SSSR count). The zero-order chi connectivity index (χ0) is 9.68. The van der Waals surface area contributed by atoms with Crippen LogP contribution in [0.3, 0.4) is 0 Å². The number of methoxy groups -OCH3 is 1. The lowest BCUT2D eigenvalue weighted by molar-refractivity contribution is 0.173. The van der Waals surface area contributed by atoms with Gasteiger partial charge in [0, 0.05) is 32.0 Å². The van der Waals surface area contributed by atoms with Gasteiger partial charge in [-0.2, -0.15) is 0 Å². The van der Waals surface area contributed by atoms with Crippen LogP contribution in [0.15, 0.2) is 23.4 Å². The highest BCUT2D eigenvalue weighted by atomic mass is 16.5. The van der Waals surface area contributed by atoms with E-state index in [2.05, 4.69) is 4.98 Å². The summed E-state index contributed by atoms with van der Waals surface area (Å²) in [6.07, 6.45) is 2.93.